The Morgan fingerprint density at radius 1 is 0.871 bits per heavy atom. The van der Waals surface area contributed by atoms with Crippen molar-refractivity contribution in [2.45, 2.75) is 131 Å². The molecule has 0 spiro atoms. The Bertz CT molecular complexity index is 1580. The van der Waals surface area contributed by atoms with E-state index < -0.39 is 48.2 Å². The van der Waals surface area contributed by atoms with E-state index >= 15 is 0 Å². The normalized spacial score (nSPS) is 12.7. The Hall–Kier alpha value is -4.95. The third kappa shape index (κ3) is 27.1. The second kappa shape index (κ2) is 35.6. The van der Waals surface area contributed by atoms with Crippen LogP contribution in [0, 0.1) is 18.8 Å². The summed E-state index contributed by atoms with van der Waals surface area (Å²) in [6.45, 7) is 16.3. The van der Waals surface area contributed by atoms with Gasteiger partial charge in [0.05, 0.1) is 19.1 Å². The molecular weight excluding hydrogens is 789 g/mol. The van der Waals surface area contributed by atoms with Crippen LogP contribution in [0.2, 0.25) is 0 Å². The molecule has 2 aromatic carbocycles. The minimum atomic E-state index is -1.12. The van der Waals surface area contributed by atoms with Gasteiger partial charge >= 0.3 is 0 Å². The van der Waals surface area contributed by atoms with Crippen LogP contribution in [0.15, 0.2) is 54.6 Å². The van der Waals surface area contributed by atoms with E-state index in [1.165, 1.54) is 41.7 Å². The van der Waals surface area contributed by atoms with Crippen molar-refractivity contribution in [3.05, 3.63) is 71.3 Å². The predicted molar refractivity (Wildman–Crippen MR) is 248 cm³/mol. The van der Waals surface area contributed by atoms with Crippen molar-refractivity contribution in [1.29, 1.82) is 0 Å². The molecule has 3 rings (SSSR count). The van der Waals surface area contributed by atoms with Gasteiger partial charge in [-0.15, -0.1) is 0 Å². The summed E-state index contributed by atoms with van der Waals surface area (Å²) in [5.74, 6) is -1.92. The standard InChI is InChI=1S/C26H40N6O6.C9H10O.C5H10.C4H10O.C4H10/c1-7-12-18(29-24(36)19(8-2)32(6)21(34)16-27-3)23(35)25(37)28-15-20(33)30-22(26(38)31(4)5)17-13-10-9-11-14-17;1-8-3-2-4-9(7-8)5-6-10;1-5-3-2-4-5;1-2-3-4-5;1-4(2)3/h9-11,13-14,18-19,22,27H,7-8,12,15-16H2,1-6H3,(H,28,37)(H,29,36)(H,30,33);2-4,6-7H,5H2,1H3;2*5H,2-4H2,1H3;4H,1-3H3. The monoisotopic (exact) mass is 869 g/mol. The van der Waals surface area contributed by atoms with Crippen LogP contribution in [0.3, 0.4) is 0 Å². The number of rotatable bonds is 19. The van der Waals surface area contributed by atoms with Crippen LogP contribution in [0.1, 0.15) is 123 Å². The number of amides is 5. The highest BCUT2D eigenvalue weighted by Crippen LogP contribution is 2.24. The lowest BCUT2D eigenvalue weighted by Crippen LogP contribution is -2.55. The minimum Gasteiger partial charge on any atom is -0.396 e. The Morgan fingerprint density at radius 3 is 1.89 bits per heavy atom. The molecule has 2 aromatic rings. The van der Waals surface area contributed by atoms with Gasteiger partial charge in [-0.1, -0.05) is 141 Å². The molecule has 350 valence electrons. The quantitative estimate of drug-likeness (QED) is 0.0916. The maximum absolute atomic E-state index is 12.9. The number of aryl methyl sites for hydroxylation is 1. The molecule has 14 heteroatoms. The number of aliphatic hydroxyl groups is 1. The highest BCUT2D eigenvalue weighted by Gasteiger charge is 2.32. The first-order valence-electron chi connectivity index (χ1n) is 22.0. The lowest BCUT2D eigenvalue weighted by atomic mass is 9.88. The van der Waals surface area contributed by atoms with Gasteiger partial charge in [-0.05, 0) is 56.2 Å². The largest absolute Gasteiger partial charge is 0.396 e. The van der Waals surface area contributed by atoms with Crippen molar-refractivity contribution in [3.8, 4) is 0 Å². The number of carbonyl (C=O) groups excluding carboxylic acids is 7. The fraction of sp³-hybridized carbons (Fsp3) is 0.604. The molecule has 0 aromatic heterocycles. The summed E-state index contributed by atoms with van der Waals surface area (Å²) in [6.07, 6.45) is 8.96. The Morgan fingerprint density at radius 2 is 1.47 bits per heavy atom. The third-order valence-corrected chi connectivity index (χ3v) is 9.15. The summed E-state index contributed by atoms with van der Waals surface area (Å²) in [5, 5.41) is 18.2. The van der Waals surface area contributed by atoms with Crippen LogP contribution < -0.4 is 21.3 Å². The van der Waals surface area contributed by atoms with Crippen molar-refractivity contribution >= 4 is 41.6 Å². The van der Waals surface area contributed by atoms with Gasteiger partial charge in [0.2, 0.25) is 29.4 Å². The summed E-state index contributed by atoms with van der Waals surface area (Å²) in [5.41, 5.74) is 2.87. The van der Waals surface area contributed by atoms with E-state index in [9.17, 15) is 33.6 Å². The third-order valence-electron chi connectivity index (χ3n) is 9.15. The van der Waals surface area contributed by atoms with Crippen LogP contribution >= 0.6 is 0 Å². The van der Waals surface area contributed by atoms with Crippen molar-refractivity contribution in [1.82, 2.24) is 31.1 Å². The molecule has 0 aliphatic heterocycles. The molecule has 1 saturated carbocycles. The first-order valence-corrected chi connectivity index (χ1v) is 22.0. The molecule has 1 aliphatic rings. The first kappa shape index (κ1) is 59.1. The molecule has 0 saturated heterocycles. The average molecular weight is 869 g/mol. The van der Waals surface area contributed by atoms with E-state index in [1.807, 2.05) is 31.2 Å². The number of Topliss-reactive ketones (excluding diaryl/α,β-unsaturated/α-hetero) is 1. The number of hydrogen-bond donors (Lipinski definition) is 5. The maximum Gasteiger partial charge on any atom is 0.290 e. The van der Waals surface area contributed by atoms with Gasteiger partial charge in [0.15, 0.2) is 0 Å². The zero-order valence-electron chi connectivity index (χ0n) is 39.8. The lowest BCUT2D eigenvalue weighted by Gasteiger charge is -2.28. The van der Waals surface area contributed by atoms with Gasteiger partial charge in [0.1, 0.15) is 18.4 Å². The van der Waals surface area contributed by atoms with Crippen LogP contribution in [0.25, 0.3) is 0 Å². The van der Waals surface area contributed by atoms with Gasteiger partial charge in [-0.3, -0.25) is 28.8 Å². The summed E-state index contributed by atoms with van der Waals surface area (Å²) < 4.78 is 0. The average Bonchev–Trinajstić information content (AvgIpc) is 3.22. The zero-order valence-corrected chi connectivity index (χ0v) is 39.8. The summed E-state index contributed by atoms with van der Waals surface area (Å²) >= 11 is 0. The Labute approximate surface area is 372 Å². The number of carbonyl (C=O) groups is 7. The Kier molecular flexibility index (Phi) is 34.0. The fourth-order valence-corrected chi connectivity index (χ4v) is 5.43. The molecule has 5 amide bonds. The van der Waals surface area contributed by atoms with Crippen molar-refractivity contribution in [3.63, 3.8) is 0 Å². The molecule has 3 atom stereocenters. The van der Waals surface area contributed by atoms with Crippen LogP contribution in [0.4, 0.5) is 0 Å². The van der Waals surface area contributed by atoms with E-state index in [-0.39, 0.29) is 24.8 Å². The zero-order chi connectivity index (χ0) is 47.6. The highest BCUT2D eigenvalue weighted by molar-refractivity contribution is 6.38. The SMILES string of the molecule is CC(C)C.CC1CCC1.CCCC(NC(=O)C(CC)N(C)C(=O)CNC)C(=O)C(=O)NCC(=O)NC(C(=O)N(C)C)c1ccccc1.CCCCO.Cc1cccc(CC=O)c1. The van der Waals surface area contributed by atoms with E-state index in [2.05, 4.69) is 55.9 Å². The van der Waals surface area contributed by atoms with Crippen LogP contribution in [0.5, 0.6) is 0 Å². The molecular formula is C48H80N6O8. The topological polar surface area (TPSA) is 194 Å². The Balaban J connectivity index is 0. The van der Waals surface area contributed by atoms with Crippen molar-refractivity contribution < 1.29 is 38.7 Å². The number of nitrogens with one attached hydrogen (secondary N) is 4. The highest BCUT2D eigenvalue weighted by atomic mass is 16.3. The number of hydrogen-bond acceptors (Lipinski definition) is 9. The number of likely N-dealkylation sites (N-methyl/N-ethyl adjacent to an activating group) is 3. The number of nitrogens with zero attached hydrogens (tertiary/aromatic N) is 2. The van der Waals surface area contributed by atoms with Gasteiger partial charge in [0.25, 0.3) is 5.91 Å². The van der Waals surface area contributed by atoms with E-state index in [4.69, 9.17) is 5.11 Å². The molecule has 0 heterocycles. The summed E-state index contributed by atoms with van der Waals surface area (Å²) in [7, 11) is 6.23. The minimum absolute atomic E-state index is 0.0489. The summed E-state index contributed by atoms with van der Waals surface area (Å²) in [6, 6.07) is 13.7. The fourth-order valence-electron chi connectivity index (χ4n) is 5.43. The van der Waals surface area contributed by atoms with Crippen molar-refractivity contribution in [2.75, 3.05) is 47.9 Å². The first-order chi connectivity index (χ1) is 29.3. The van der Waals surface area contributed by atoms with Gasteiger partial charge in [0, 0.05) is 34.2 Å². The van der Waals surface area contributed by atoms with Crippen LogP contribution in [-0.4, -0.2) is 116 Å². The number of aldehydes is 1. The van der Waals surface area contributed by atoms with Gasteiger partial charge in [-0.25, -0.2) is 0 Å². The predicted octanol–water partition coefficient (Wildman–Crippen LogP) is 5.34. The van der Waals surface area contributed by atoms with Gasteiger partial charge < -0.3 is 41.0 Å². The molecule has 62 heavy (non-hydrogen) atoms. The smallest absolute Gasteiger partial charge is 0.290 e. The second-order valence-electron chi connectivity index (χ2n) is 16.2. The molecule has 14 nitrogen and oxygen atoms in total. The molecule has 0 radical (unpaired) electrons. The van der Waals surface area contributed by atoms with Gasteiger partial charge in [-0.2, -0.15) is 0 Å². The number of unbranched alkanes of at least 4 members (excludes halogenated alkanes) is 1. The molecule has 0 bridgehead atoms. The molecule has 1 fully saturated rings. The van der Waals surface area contributed by atoms with Crippen molar-refractivity contribution in [2.24, 2.45) is 11.8 Å². The number of benzene rings is 2. The summed E-state index contributed by atoms with van der Waals surface area (Å²) in [4.78, 5) is 88.3. The van der Waals surface area contributed by atoms with E-state index in [0.717, 1.165) is 36.5 Å². The van der Waals surface area contributed by atoms with E-state index in [1.54, 1.807) is 65.3 Å². The molecule has 1 aliphatic carbocycles. The second-order valence-corrected chi connectivity index (χ2v) is 16.2. The molecule has 5 N–H and O–H groups in total. The van der Waals surface area contributed by atoms with Crippen LogP contribution in [-0.2, 0) is 40.0 Å². The van der Waals surface area contributed by atoms with E-state index in [0.29, 0.717) is 31.4 Å². The maximum atomic E-state index is 12.9. The number of aliphatic hydroxyl groups excluding tert-OH is 1. The lowest BCUT2D eigenvalue weighted by molar-refractivity contribution is -0.142. The molecule has 3 unspecified atom stereocenters. The number of ketones is 1.